The number of hydrogen-bond donors (Lipinski definition) is 0. The Morgan fingerprint density at radius 1 is 1.12 bits per heavy atom. The van der Waals surface area contributed by atoms with E-state index in [0.717, 1.165) is 28.9 Å². The Kier molecular flexibility index (Phi) is 3.32. The van der Waals surface area contributed by atoms with Crippen molar-refractivity contribution in [2.24, 2.45) is 5.92 Å². The Morgan fingerprint density at radius 3 is 2.82 bits per heavy atom. The van der Waals surface area contributed by atoms with Crippen LogP contribution in [0.4, 0.5) is 5.82 Å². The van der Waals surface area contributed by atoms with Crippen molar-refractivity contribution in [1.29, 1.82) is 0 Å². The van der Waals surface area contributed by atoms with Crippen LogP contribution in [0.5, 0.6) is 0 Å². The molecule has 92 valence electrons. The molecular weight excluding hydrogens is 278 g/mol. The topological polar surface area (TPSA) is 29.0 Å². The van der Waals surface area contributed by atoms with E-state index in [1.165, 1.54) is 38.5 Å². The smallest absolute Gasteiger partial charge is 0.133 e. The highest BCUT2D eigenvalue weighted by Crippen LogP contribution is 2.37. The Bertz CT molecular complexity index is 394. The van der Waals surface area contributed by atoms with Gasteiger partial charge >= 0.3 is 0 Å². The molecule has 2 heterocycles. The van der Waals surface area contributed by atoms with E-state index in [4.69, 9.17) is 0 Å². The molecule has 0 N–H and O–H groups in total. The highest BCUT2D eigenvalue weighted by molar-refractivity contribution is 9.10. The summed E-state index contributed by atoms with van der Waals surface area (Å²) in [6.45, 7) is 1.16. The molecule has 1 aromatic rings. The number of fused-ring (bicyclic) bond motifs is 1. The number of anilines is 1. The number of nitrogens with zero attached hydrogens (tertiary/aromatic N) is 3. The van der Waals surface area contributed by atoms with Gasteiger partial charge in [-0.05, 0) is 47.5 Å². The van der Waals surface area contributed by atoms with Crippen LogP contribution in [0.1, 0.15) is 38.5 Å². The third-order valence-corrected chi connectivity index (χ3v) is 4.59. The fraction of sp³-hybridized carbons (Fsp3) is 0.692. The standard InChI is InChI=1S/C13H18BrN3/c14-12-8-13(16-9-15-12)17-7-3-5-10-4-1-2-6-11(10)17/h8-11H,1-7H2/t10-,11-/m1/s1. The fourth-order valence-electron chi connectivity index (χ4n) is 3.39. The predicted molar refractivity (Wildman–Crippen MR) is 72.1 cm³/mol. The van der Waals surface area contributed by atoms with Gasteiger partial charge in [-0.1, -0.05) is 12.8 Å². The van der Waals surface area contributed by atoms with E-state index in [1.807, 2.05) is 0 Å². The minimum absolute atomic E-state index is 0.722. The van der Waals surface area contributed by atoms with Crippen LogP contribution >= 0.6 is 15.9 Å². The van der Waals surface area contributed by atoms with Crippen molar-refractivity contribution in [3.05, 3.63) is 17.0 Å². The van der Waals surface area contributed by atoms with Crippen LogP contribution < -0.4 is 4.90 Å². The van der Waals surface area contributed by atoms with Crippen LogP contribution in [-0.2, 0) is 0 Å². The predicted octanol–water partition coefficient (Wildman–Crippen LogP) is 3.40. The van der Waals surface area contributed by atoms with E-state index >= 15 is 0 Å². The molecule has 3 nitrogen and oxygen atoms in total. The third-order valence-electron chi connectivity index (χ3n) is 4.16. The quantitative estimate of drug-likeness (QED) is 0.744. The van der Waals surface area contributed by atoms with Crippen LogP contribution in [0.3, 0.4) is 0 Å². The minimum atomic E-state index is 0.722. The van der Waals surface area contributed by atoms with Crippen LogP contribution in [0.2, 0.25) is 0 Å². The maximum atomic E-state index is 4.44. The van der Waals surface area contributed by atoms with Gasteiger partial charge in [0.1, 0.15) is 16.7 Å². The molecule has 0 unspecified atom stereocenters. The molecule has 4 heteroatoms. The molecule has 0 radical (unpaired) electrons. The maximum Gasteiger partial charge on any atom is 0.133 e. The van der Waals surface area contributed by atoms with Crippen molar-refractivity contribution in [1.82, 2.24) is 9.97 Å². The van der Waals surface area contributed by atoms with Crippen molar-refractivity contribution in [3.8, 4) is 0 Å². The van der Waals surface area contributed by atoms with Gasteiger partial charge in [0.2, 0.25) is 0 Å². The molecule has 2 atom stereocenters. The van der Waals surface area contributed by atoms with Crippen molar-refractivity contribution < 1.29 is 0 Å². The molecule has 2 aliphatic rings. The van der Waals surface area contributed by atoms with Gasteiger partial charge in [-0.15, -0.1) is 0 Å². The third kappa shape index (κ3) is 2.32. The van der Waals surface area contributed by atoms with E-state index in [0.29, 0.717) is 0 Å². The average molecular weight is 296 g/mol. The first-order valence-corrected chi connectivity index (χ1v) is 7.38. The Hall–Kier alpha value is -0.640. The summed E-state index contributed by atoms with van der Waals surface area (Å²) in [7, 11) is 0. The Labute approximate surface area is 111 Å². The van der Waals surface area contributed by atoms with Gasteiger partial charge in [0.05, 0.1) is 0 Å². The summed E-state index contributed by atoms with van der Waals surface area (Å²) in [5.74, 6) is 2.00. The lowest BCUT2D eigenvalue weighted by Gasteiger charge is -2.44. The molecule has 1 saturated heterocycles. The highest BCUT2D eigenvalue weighted by atomic mass is 79.9. The van der Waals surface area contributed by atoms with Crippen LogP contribution in [0, 0.1) is 5.92 Å². The van der Waals surface area contributed by atoms with Crippen LogP contribution in [0.25, 0.3) is 0 Å². The van der Waals surface area contributed by atoms with E-state index in [2.05, 4.69) is 36.9 Å². The van der Waals surface area contributed by atoms with Crippen LogP contribution in [-0.4, -0.2) is 22.6 Å². The normalized spacial score (nSPS) is 28.9. The number of piperidine rings is 1. The Balaban J connectivity index is 1.85. The lowest BCUT2D eigenvalue weighted by molar-refractivity contribution is 0.242. The van der Waals surface area contributed by atoms with Crippen molar-refractivity contribution in [2.45, 2.75) is 44.6 Å². The van der Waals surface area contributed by atoms with Gasteiger partial charge in [0.25, 0.3) is 0 Å². The molecular formula is C13H18BrN3. The first kappa shape index (κ1) is 11.5. The van der Waals surface area contributed by atoms with E-state index in [9.17, 15) is 0 Å². The largest absolute Gasteiger partial charge is 0.353 e. The zero-order valence-corrected chi connectivity index (χ0v) is 11.6. The molecule has 2 fully saturated rings. The molecule has 0 aromatic carbocycles. The van der Waals surface area contributed by atoms with Crippen molar-refractivity contribution in [2.75, 3.05) is 11.4 Å². The van der Waals surface area contributed by atoms with Gasteiger partial charge in [-0.2, -0.15) is 0 Å². The molecule has 1 aromatic heterocycles. The molecule has 1 saturated carbocycles. The van der Waals surface area contributed by atoms with E-state index in [-0.39, 0.29) is 0 Å². The van der Waals surface area contributed by atoms with E-state index < -0.39 is 0 Å². The molecule has 0 bridgehead atoms. The first-order valence-electron chi connectivity index (χ1n) is 6.59. The Morgan fingerprint density at radius 2 is 1.94 bits per heavy atom. The number of rotatable bonds is 1. The minimum Gasteiger partial charge on any atom is -0.353 e. The van der Waals surface area contributed by atoms with Crippen molar-refractivity contribution in [3.63, 3.8) is 0 Å². The van der Waals surface area contributed by atoms with Gasteiger partial charge < -0.3 is 4.90 Å². The number of hydrogen-bond acceptors (Lipinski definition) is 3. The molecule has 0 amide bonds. The second-order valence-corrected chi connectivity index (χ2v) is 5.96. The lowest BCUT2D eigenvalue weighted by Crippen LogP contribution is -2.47. The molecule has 17 heavy (non-hydrogen) atoms. The van der Waals surface area contributed by atoms with Crippen molar-refractivity contribution >= 4 is 21.7 Å². The number of halogens is 1. The monoisotopic (exact) mass is 295 g/mol. The molecule has 1 aliphatic heterocycles. The van der Waals surface area contributed by atoms with Gasteiger partial charge in [-0.3, -0.25) is 0 Å². The second-order valence-electron chi connectivity index (χ2n) is 5.15. The van der Waals surface area contributed by atoms with Gasteiger partial charge in [0, 0.05) is 18.7 Å². The zero-order chi connectivity index (χ0) is 11.7. The summed E-state index contributed by atoms with van der Waals surface area (Å²) in [6, 6.07) is 2.77. The zero-order valence-electron chi connectivity index (χ0n) is 9.98. The SMILES string of the molecule is Brc1cc(N2CCC[C@H]3CCCC[C@H]32)ncn1. The summed E-state index contributed by atoms with van der Waals surface area (Å²) in [5, 5.41) is 0. The summed E-state index contributed by atoms with van der Waals surface area (Å²) in [4.78, 5) is 11.1. The highest BCUT2D eigenvalue weighted by Gasteiger charge is 2.33. The molecule has 0 spiro atoms. The fourth-order valence-corrected chi connectivity index (χ4v) is 3.69. The maximum absolute atomic E-state index is 4.44. The molecule has 3 rings (SSSR count). The van der Waals surface area contributed by atoms with Gasteiger partial charge in [0.15, 0.2) is 0 Å². The lowest BCUT2D eigenvalue weighted by atomic mass is 9.78. The molecule has 1 aliphatic carbocycles. The summed E-state index contributed by atoms with van der Waals surface area (Å²) >= 11 is 3.44. The first-order chi connectivity index (χ1) is 8.34. The van der Waals surface area contributed by atoms with Gasteiger partial charge in [-0.25, -0.2) is 9.97 Å². The summed E-state index contributed by atoms with van der Waals surface area (Å²) in [6.07, 6.45) is 9.92. The van der Waals surface area contributed by atoms with Crippen LogP contribution in [0.15, 0.2) is 17.0 Å². The van der Waals surface area contributed by atoms with E-state index in [1.54, 1.807) is 6.33 Å². The summed E-state index contributed by atoms with van der Waals surface area (Å²) < 4.78 is 0.889. The summed E-state index contributed by atoms with van der Waals surface area (Å²) in [5.41, 5.74) is 0. The number of aromatic nitrogens is 2. The average Bonchev–Trinajstić information content (AvgIpc) is 2.38. The second kappa shape index (κ2) is 4.92.